The van der Waals surface area contributed by atoms with E-state index in [1.165, 1.54) is 0 Å². The average molecular weight is 342 g/mol. The number of amides is 2. The minimum atomic E-state index is -0.495. The molecule has 0 bridgehead atoms. The largest absolute Gasteiger partial charge is 0.444 e. The Hall–Kier alpha value is -2.48. The highest BCUT2D eigenvalue weighted by molar-refractivity contribution is 5.94. The van der Waals surface area contributed by atoms with Crippen molar-refractivity contribution in [2.45, 2.75) is 45.3 Å². The first kappa shape index (κ1) is 18.9. The van der Waals surface area contributed by atoms with Crippen molar-refractivity contribution in [1.82, 2.24) is 9.80 Å². The zero-order valence-corrected chi connectivity index (χ0v) is 15.4. The predicted octanol–water partition coefficient (Wildman–Crippen LogP) is 3.14. The fourth-order valence-electron chi connectivity index (χ4n) is 2.84. The number of benzene rings is 1. The van der Waals surface area contributed by atoms with Gasteiger partial charge < -0.3 is 14.5 Å². The van der Waals surface area contributed by atoms with Crippen molar-refractivity contribution in [3.63, 3.8) is 0 Å². The number of likely N-dealkylation sites (tertiary alicyclic amines) is 1. The molecule has 25 heavy (non-hydrogen) atoms. The molecule has 0 aliphatic carbocycles. The molecule has 2 amide bonds. The van der Waals surface area contributed by atoms with Gasteiger partial charge >= 0.3 is 6.09 Å². The average Bonchev–Trinajstić information content (AvgIpc) is 2.59. The van der Waals surface area contributed by atoms with Crippen molar-refractivity contribution in [3.05, 3.63) is 35.4 Å². The van der Waals surface area contributed by atoms with Crippen LogP contribution in [0.1, 0.15) is 49.5 Å². The lowest BCUT2D eigenvalue weighted by molar-refractivity contribution is 0.0160. The van der Waals surface area contributed by atoms with E-state index in [9.17, 15) is 9.59 Å². The maximum atomic E-state index is 12.6. The second-order valence-corrected chi connectivity index (χ2v) is 7.34. The van der Waals surface area contributed by atoms with Crippen LogP contribution in [0.5, 0.6) is 0 Å². The number of terminal acetylenes is 1. The minimum Gasteiger partial charge on any atom is -0.444 e. The summed E-state index contributed by atoms with van der Waals surface area (Å²) in [6, 6.07) is 7.16. The molecule has 5 heteroatoms. The summed E-state index contributed by atoms with van der Waals surface area (Å²) in [5.74, 6) is 2.51. The predicted molar refractivity (Wildman–Crippen MR) is 97.3 cm³/mol. The maximum absolute atomic E-state index is 12.6. The summed E-state index contributed by atoms with van der Waals surface area (Å²) in [6.07, 6.45) is 6.53. The van der Waals surface area contributed by atoms with Crippen LogP contribution in [0.15, 0.2) is 24.3 Å². The van der Waals surface area contributed by atoms with Gasteiger partial charge in [0.25, 0.3) is 5.91 Å². The Morgan fingerprint density at radius 2 is 1.76 bits per heavy atom. The van der Waals surface area contributed by atoms with Gasteiger partial charge in [-0.2, -0.15) is 0 Å². The highest BCUT2D eigenvalue weighted by Gasteiger charge is 2.30. The molecule has 1 aromatic carbocycles. The molecule has 0 saturated carbocycles. The minimum absolute atomic E-state index is 0.0284. The molecule has 0 unspecified atom stereocenters. The van der Waals surface area contributed by atoms with Gasteiger partial charge in [0.05, 0.1) is 0 Å². The molecular weight excluding hydrogens is 316 g/mol. The van der Waals surface area contributed by atoms with E-state index in [4.69, 9.17) is 11.2 Å². The van der Waals surface area contributed by atoms with E-state index in [-0.39, 0.29) is 18.0 Å². The number of ether oxygens (including phenoxy) is 1. The van der Waals surface area contributed by atoms with Crippen LogP contribution in [0.2, 0.25) is 0 Å². The molecule has 0 atom stereocenters. The summed E-state index contributed by atoms with van der Waals surface area (Å²) >= 11 is 0. The van der Waals surface area contributed by atoms with Gasteiger partial charge in [-0.25, -0.2) is 4.79 Å². The molecule has 2 rings (SSSR count). The first-order valence-electron chi connectivity index (χ1n) is 8.53. The highest BCUT2D eigenvalue weighted by atomic mass is 16.6. The molecule has 1 aliphatic rings. The van der Waals surface area contributed by atoms with Crippen LogP contribution in [0.3, 0.4) is 0 Å². The lowest BCUT2D eigenvalue weighted by Crippen LogP contribution is -2.48. The van der Waals surface area contributed by atoms with E-state index < -0.39 is 5.60 Å². The van der Waals surface area contributed by atoms with Crippen molar-refractivity contribution in [1.29, 1.82) is 0 Å². The summed E-state index contributed by atoms with van der Waals surface area (Å²) in [4.78, 5) is 28.2. The van der Waals surface area contributed by atoms with Crippen molar-refractivity contribution in [2.75, 3.05) is 20.1 Å². The van der Waals surface area contributed by atoms with E-state index >= 15 is 0 Å². The smallest absolute Gasteiger partial charge is 0.410 e. The third-order valence-electron chi connectivity index (χ3n) is 4.28. The second kappa shape index (κ2) is 7.60. The molecule has 0 spiro atoms. The van der Waals surface area contributed by atoms with Crippen LogP contribution >= 0.6 is 0 Å². The summed E-state index contributed by atoms with van der Waals surface area (Å²) < 4.78 is 5.40. The van der Waals surface area contributed by atoms with Crippen LogP contribution < -0.4 is 0 Å². The Bertz CT molecular complexity index is 660. The van der Waals surface area contributed by atoms with E-state index in [1.807, 2.05) is 27.8 Å². The summed E-state index contributed by atoms with van der Waals surface area (Å²) in [6.45, 7) is 6.75. The zero-order chi connectivity index (χ0) is 18.6. The first-order chi connectivity index (χ1) is 11.7. The van der Waals surface area contributed by atoms with Crippen molar-refractivity contribution in [2.24, 2.45) is 0 Å². The van der Waals surface area contributed by atoms with E-state index in [0.29, 0.717) is 18.7 Å². The standard InChI is InChI=1S/C20H26N2O3/c1-6-15-7-9-16(10-8-15)18(23)21(5)17-11-13-22(14-12-17)19(24)25-20(2,3)4/h1,7-10,17H,11-14H2,2-5H3. The second-order valence-electron chi connectivity index (χ2n) is 7.34. The number of carbonyl (C=O) groups excluding carboxylic acids is 2. The van der Waals surface area contributed by atoms with E-state index in [1.54, 1.807) is 34.1 Å². The molecule has 1 fully saturated rings. The van der Waals surface area contributed by atoms with Gasteiger partial charge in [0, 0.05) is 37.3 Å². The topological polar surface area (TPSA) is 49.9 Å². The molecular formula is C20H26N2O3. The van der Waals surface area contributed by atoms with Gasteiger partial charge in [0.1, 0.15) is 5.60 Å². The number of rotatable bonds is 2. The molecule has 1 aromatic rings. The van der Waals surface area contributed by atoms with E-state index in [2.05, 4.69) is 5.92 Å². The van der Waals surface area contributed by atoms with Gasteiger partial charge in [-0.3, -0.25) is 4.79 Å². The van der Waals surface area contributed by atoms with Crippen molar-refractivity contribution in [3.8, 4) is 12.3 Å². The Balaban J connectivity index is 1.92. The third kappa shape index (κ3) is 4.99. The maximum Gasteiger partial charge on any atom is 0.410 e. The number of piperidine rings is 1. The van der Waals surface area contributed by atoms with Crippen LogP contribution in [0.4, 0.5) is 4.79 Å². The van der Waals surface area contributed by atoms with Gasteiger partial charge in [0.2, 0.25) is 0 Å². The van der Waals surface area contributed by atoms with Crippen molar-refractivity contribution < 1.29 is 14.3 Å². The molecule has 5 nitrogen and oxygen atoms in total. The highest BCUT2D eigenvalue weighted by Crippen LogP contribution is 2.20. The van der Waals surface area contributed by atoms with Crippen LogP contribution in [-0.4, -0.2) is 53.6 Å². The van der Waals surface area contributed by atoms with Gasteiger partial charge in [0.15, 0.2) is 0 Å². The van der Waals surface area contributed by atoms with Crippen LogP contribution in [0, 0.1) is 12.3 Å². The Labute approximate surface area is 149 Å². The Kier molecular flexibility index (Phi) is 5.73. The third-order valence-corrected chi connectivity index (χ3v) is 4.28. The zero-order valence-electron chi connectivity index (χ0n) is 15.4. The summed E-state index contributed by atoms with van der Waals surface area (Å²) in [7, 11) is 1.81. The van der Waals surface area contributed by atoms with Crippen molar-refractivity contribution >= 4 is 12.0 Å². The number of carbonyl (C=O) groups is 2. The summed E-state index contributed by atoms with van der Waals surface area (Å²) in [5.41, 5.74) is 0.881. The Morgan fingerprint density at radius 3 is 2.24 bits per heavy atom. The fraction of sp³-hybridized carbons (Fsp3) is 0.500. The number of hydrogen-bond donors (Lipinski definition) is 0. The molecule has 0 radical (unpaired) electrons. The Morgan fingerprint density at radius 1 is 1.20 bits per heavy atom. The fourth-order valence-corrected chi connectivity index (χ4v) is 2.84. The molecule has 1 saturated heterocycles. The monoisotopic (exact) mass is 342 g/mol. The van der Waals surface area contributed by atoms with Crippen LogP contribution in [-0.2, 0) is 4.74 Å². The first-order valence-corrected chi connectivity index (χ1v) is 8.53. The van der Waals surface area contributed by atoms with Gasteiger partial charge in [-0.15, -0.1) is 6.42 Å². The lowest BCUT2D eigenvalue weighted by atomic mass is 10.0. The normalized spacial score (nSPS) is 15.4. The molecule has 134 valence electrons. The number of hydrogen-bond acceptors (Lipinski definition) is 3. The van der Waals surface area contributed by atoms with Gasteiger partial charge in [-0.1, -0.05) is 5.92 Å². The van der Waals surface area contributed by atoms with Gasteiger partial charge in [-0.05, 0) is 57.9 Å². The van der Waals surface area contributed by atoms with E-state index in [0.717, 1.165) is 18.4 Å². The summed E-state index contributed by atoms with van der Waals surface area (Å²) in [5, 5.41) is 0. The lowest BCUT2D eigenvalue weighted by Gasteiger charge is -2.37. The number of nitrogens with zero attached hydrogens (tertiary/aromatic N) is 2. The molecule has 0 N–H and O–H groups in total. The van der Waals surface area contributed by atoms with Crippen LogP contribution in [0.25, 0.3) is 0 Å². The molecule has 0 aromatic heterocycles. The SMILES string of the molecule is C#Cc1ccc(C(=O)N(C)C2CCN(C(=O)OC(C)(C)C)CC2)cc1. The quantitative estimate of drug-likeness (QED) is 0.776. The molecule has 1 heterocycles. The molecule has 1 aliphatic heterocycles.